The topological polar surface area (TPSA) is 125 Å². The van der Waals surface area contributed by atoms with Gasteiger partial charge >= 0.3 is 5.69 Å². The van der Waals surface area contributed by atoms with Crippen molar-refractivity contribution in [2.45, 2.75) is 23.8 Å². The molecule has 0 heterocycles. The van der Waals surface area contributed by atoms with Gasteiger partial charge in [0, 0.05) is 6.07 Å². The fraction of sp³-hybridized carbons (Fsp3) is 0.500. The molecule has 0 atom stereocenters. The largest absolute Gasteiger partial charge is 0.483 e. The molecule has 1 saturated carbocycles. The number of nitro groups is 1. The molecule has 116 valence electrons. The Morgan fingerprint density at radius 3 is 2.67 bits per heavy atom. The zero-order valence-corrected chi connectivity index (χ0v) is 12.3. The van der Waals surface area contributed by atoms with Gasteiger partial charge in [0.15, 0.2) is 5.75 Å². The molecule has 1 aliphatic rings. The minimum atomic E-state index is -3.98. The van der Waals surface area contributed by atoms with Crippen LogP contribution in [0.5, 0.6) is 5.75 Å². The highest BCUT2D eigenvalue weighted by Gasteiger charge is 2.32. The van der Waals surface area contributed by atoms with Gasteiger partial charge in [0.05, 0.1) is 15.9 Å². The molecule has 1 aliphatic carbocycles. The van der Waals surface area contributed by atoms with Gasteiger partial charge in [0.2, 0.25) is 10.0 Å². The summed E-state index contributed by atoms with van der Waals surface area (Å²) in [5, 5.41) is 19.1. The maximum atomic E-state index is 11.2. The van der Waals surface area contributed by atoms with E-state index in [1.54, 1.807) is 0 Å². The second-order valence-electron chi connectivity index (χ2n) is 5.07. The van der Waals surface area contributed by atoms with Crippen LogP contribution in [0.3, 0.4) is 0 Å². The number of hydrogen-bond donors (Lipinski definition) is 2. The van der Waals surface area contributed by atoms with E-state index in [1.165, 1.54) is 12.1 Å². The fourth-order valence-corrected chi connectivity index (χ4v) is 2.86. The third kappa shape index (κ3) is 3.69. The van der Waals surface area contributed by atoms with Crippen LogP contribution in [0, 0.1) is 16.0 Å². The van der Waals surface area contributed by atoms with Crippen LogP contribution in [0.2, 0.25) is 0 Å². The van der Waals surface area contributed by atoms with Crippen molar-refractivity contribution < 1.29 is 18.1 Å². The van der Waals surface area contributed by atoms with Crippen molar-refractivity contribution in [1.29, 1.82) is 0 Å². The Labute approximate surface area is 122 Å². The molecule has 0 radical (unpaired) electrons. The van der Waals surface area contributed by atoms with Crippen LogP contribution in [0.4, 0.5) is 5.69 Å². The van der Waals surface area contributed by atoms with Gasteiger partial charge in [-0.2, -0.15) is 0 Å². The van der Waals surface area contributed by atoms with E-state index in [9.17, 15) is 18.5 Å². The molecule has 1 fully saturated rings. The number of primary sulfonamides is 1. The zero-order chi connectivity index (χ0) is 15.6. The van der Waals surface area contributed by atoms with Crippen LogP contribution in [-0.2, 0) is 10.0 Å². The first-order valence-electron chi connectivity index (χ1n) is 6.43. The summed E-state index contributed by atoms with van der Waals surface area (Å²) in [6, 6.07) is 3.42. The minimum Gasteiger partial charge on any atom is -0.483 e. The van der Waals surface area contributed by atoms with E-state index in [4.69, 9.17) is 9.88 Å². The third-order valence-electron chi connectivity index (χ3n) is 3.43. The molecule has 3 N–H and O–H groups in total. The van der Waals surface area contributed by atoms with Crippen LogP contribution < -0.4 is 15.2 Å². The standard InChI is InChI=1S/C12H17N3O5S/c1-14-7-8-4-9(5-8)20-12-3-2-10(21(13,18)19)6-11(12)15(16)17/h2-3,6,8-9,14H,4-5,7H2,1H3,(H2,13,18,19). The lowest BCUT2D eigenvalue weighted by Crippen LogP contribution is -2.38. The monoisotopic (exact) mass is 315 g/mol. The molecular formula is C12H17N3O5S. The maximum absolute atomic E-state index is 11.2. The van der Waals surface area contributed by atoms with E-state index in [2.05, 4.69) is 5.32 Å². The number of sulfonamides is 1. The van der Waals surface area contributed by atoms with Gasteiger partial charge in [-0.3, -0.25) is 10.1 Å². The molecule has 9 heteroatoms. The lowest BCUT2D eigenvalue weighted by Gasteiger charge is -2.35. The molecule has 0 saturated heterocycles. The Bertz CT molecular complexity index is 640. The highest BCUT2D eigenvalue weighted by Crippen LogP contribution is 2.35. The van der Waals surface area contributed by atoms with Crippen LogP contribution >= 0.6 is 0 Å². The van der Waals surface area contributed by atoms with Crippen molar-refractivity contribution in [3.63, 3.8) is 0 Å². The van der Waals surface area contributed by atoms with E-state index in [1.807, 2.05) is 7.05 Å². The first-order valence-corrected chi connectivity index (χ1v) is 7.98. The van der Waals surface area contributed by atoms with Crippen molar-refractivity contribution in [3.8, 4) is 5.75 Å². The van der Waals surface area contributed by atoms with E-state index >= 15 is 0 Å². The van der Waals surface area contributed by atoms with Gasteiger partial charge in [0.25, 0.3) is 0 Å². The summed E-state index contributed by atoms with van der Waals surface area (Å²) in [6.45, 7) is 0.881. The number of nitrogens with zero attached hydrogens (tertiary/aromatic N) is 1. The molecule has 0 aliphatic heterocycles. The quantitative estimate of drug-likeness (QED) is 0.585. The molecular weight excluding hydrogens is 298 g/mol. The summed E-state index contributed by atoms with van der Waals surface area (Å²) < 4.78 is 28.0. The molecule has 8 nitrogen and oxygen atoms in total. The summed E-state index contributed by atoms with van der Waals surface area (Å²) in [5.74, 6) is 0.572. The van der Waals surface area contributed by atoms with Gasteiger partial charge in [-0.15, -0.1) is 0 Å². The Balaban J connectivity index is 2.15. The lowest BCUT2D eigenvalue weighted by molar-refractivity contribution is -0.386. The third-order valence-corrected chi connectivity index (χ3v) is 4.35. The van der Waals surface area contributed by atoms with E-state index in [0.717, 1.165) is 25.5 Å². The number of nitrogens with one attached hydrogen (secondary N) is 1. The summed E-state index contributed by atoms with van der Waals surface area (Å²) in [7, 11) is -2.11. The Morgan fingerprint density at radius 2 is 2.14 bits per heavy atom. The number of nitrogens with two attached hydrogens (primary N) is 1. The Kier molecular flexibility index (Phi) is 4.45. The van der Waals surface area contributed by atoms with Crippen LogP contribution in [0.15, 0.2) is 23.1 Å². The summed E-state index contributed by atoms with van der Waals surface area (Å²) in [6.07, 6.45) is 1.55. The molecule has 0 unspecified atom stereocenters. The smallest absolute Gasteiger partial charge is 0.312 e. The predicted octanol–water partition coefficient (Wildman–Crippen LogP) is 0.619. The zero-order valence-electron chi connectivity index (χ0n) is 11.5. The van der Waals surface area contributed by atoms with Crippen molar-refractivity contribution >= 4 is 15.7 Å². The molecule has 0 amide bonds. The number of ether oxygens (including phenoxy) is 1. The van der Waals surface area contributed by atoms with Crippen LogP contribution in [-0.4, -0.2) is 33.0 Å². The number of rotatable bonds is 6. The van der Waals surface area contributed by atoms with Crippen LogP contribution in [0.25, 0.3) is 0 Å². The molecule has 0 bridgehead atoms. The molecule has 0 aromatic heterocycles. The van der Waals surface area contributed by atoms with Crippen molar-refractivity contribution in [2.24, 2.45) is 11.1 Å². The second-order valence-corrected chi connectivity index (χ2v) is 6.63. The minimum absolute atomic E-state index is 0.0697. The number of hydrogen-bond acceptors (Lipinski definition) is 6. The van der Waals surface area contributed by atoms with Crippen molar-refractivity contribution in [2.75, 3.05) is 13.6 Å². The Morgan fingerprint density at radius 1 is 1.48 bits per heavy atom. The number of benzene rings is 1. The average Bonchev–Trinajstić information content (AvgIpc) is 2.35. The van der Waals surface area contributed by atoms with Gasteiger partial charge < -0.3 is 10.1 Å². The lowest BCUT2D eigenvalue weighted by atomic mass is 9.82. The molecule has 21 heavy (non-hydrogen) atoms. The van der Waals surface area contributed by atoms with Crippen molar-refractivity contribution in [1.82, 2.24) is 5.32 Å². The SMILES string of the molecule is CNCC1CC(Oc2ccc(S(N)(=O)=O)cc2[N+](=O)[O-])C1. The van der Waals surface area contributed by atoms with Gasteiger partial charge in [0.1, 0.15) is 0 Å². The maximum Gasteiger partial charge on any atom is 0.312 e. The highest BCUT2D eigenvalue weighted by atomic mass is 32.2. The van der Waals surface area contributed by atoms with E-state index in [-0.39, 0.29) is 16.7 Å². The normalized spacial score (nSPS) is 21.6. The highest BCUT2D eigenvalue weighted by molar-refractivity contribution is 7.89. The first kappa shape index (κ1) is 15.7. The first-order chi connectivity index (χ1) is 9.81. The van der Waals surface area contributed by atoms with Crippen LogP contribution in [0.1, 0.15) is 12.8 Å². The summed E-state index contributed by atoms with van der Waals surface area (Å²) in [5.41, 5.74) is -0.390. The molecule has 1 aromatic rings. The van der Waals surface area contributed by atoms with Gasteiger partial charge in [-0.25, -0.2) is 13.6 Å². The Hall–Kier alpha value is -1.71. The van der Waals surface area contributed by atoms with Crippen molar-refractivity contribution in [3.05, 3.63) is 28.3 Å². The predicted molar refractivity (Wildman–Crippen MR) is 75.5 cm³/mol. The fourth-order valence-electron chi connectivity index (χ4n) is 2.32. The molecule has 0 spiro atoms. The average molecular weight is 315 g/mol. The van der Waals surface area contributed by atoms with Gasteiger partial charge in [-0.05, 0) is 44.5 Å². The van der Waals surface area contributed by atoms with E-state index < -0.39 is 20.6 Å². The number of nitro benzene ring substituents is 1. The second kappa shape index (κ2) is 5.96. The molecule has 2 rings (SSSR count). The van der Waals surface area contributed by atoms with E-state index in [0.29, 0.717) is 5.92 Å². The summed E-state index contributed by atoms with van der Waals surface area (Å²) in [4.78, 5) is 10.1. The molecule has 1 aromatic carbocycles. The summed E-state index contributed by atoms with van der Waals surface area (Å²) >= 11 is 0. The van der Waals surface area contributed by atoms with Gasteiger partial charge in [-0.1, -0.05) is 0 Å².